The predicted molar refractivity (Wildman–Crippen MR) is 104 cm³/mol. The molecular weight excluding hydrogens is 350 g/mol. The van der Waals surface area contributed by atoms with Gasteiger partial charge in [0.15, 0.2) is 5.78 Å². The van der Waals surface area contributed by atoms with Crippen LogP contribution in [0.15, 0.2) is 25.0 Å². The van der Waals surface area contributed by atoms with Crippen molar-refractivity contribution in [2.75, 3.05) is 19.8 Å². The van der Waals surface area contributed by atoms with Crippen molar-refractivity contribution in [3.63, 3.8) is 0 Å². The molecule has 0 aliphatic heterocycles. The van der Waals surface area contributed by atoms with E-state index in [1.165, 1.54) is 6.92 Å². The Morgan fingerprint density at radius 2 is 1.78 bits per heavy atom. The lowest BCUT2D eigenvalue weighted by Crippen LogP contribution is -2.51. The van der Waals surface area contributed by atoms with Crippen LogP contribution < -0.4 is 16.4 Å². The van der Waals surface area contributed by atoms with Gasteiger partial charge in [-0.05, 0) is 46.1 Å². The van der Waals surface area contributed by atoms with Crippen LogP contribution in [0.4, 0.5) is 4.79 Å². The molecule has 8 nitrogen and oxygen atoms in total. The first-order valence-electron chi connectivity index (χ1n) is 9.21. The van der Waals surface area contributed by atoms with Gasteiger partial charge in [-0.15, -0.1) is 0 Å². The van der Waals surface area contributed by atoms with E-state index in [0.717, 1.165) is 6.42 Å². The number of ketones is 1. The maximum atomic E-state index is 12.3. The van der Waals surface area contributed by atoms with E-state index in [-0.39, 0.29) is 12.4 Å². The first-order chi connectivity index (χ1) is 12.8. The van der Waals surface area contributed by atoms with Crippen molar-refractivity contribution in [2.24, 2.45) is 5.73 Å². The average Bonchev–Trinajstić information content (AvgIpc) is 2.62. The molecular formula is C19H33N3O5. The van der Waals surface area contributed by atoms with Crippen molar-refractivity contribution in [1.29, 1.82) is 0 Å². The predicted octanol–water partition coefficient (Wildman–Crippen LogP) is 1.80. The highest BCUT2D eigenvalue weighted by Gasteiger charge is 2.24. The Kier molecular flexibility index (Phi) is 13.5. The number of unbranched alkanes of at least 4 members (excludes halogenated alkanes) is 1. The molecule has 0 saturated carbocycles. The van der Waals surface area contributed by atoms with Gasteiger partial charge in [-0.2, -0.15) is 0 Å². The second-order valence-corrected chi connectivity index (χ2v) is 6.05. The molecule has 0 fully saturated rings. The molecule has 0 saturated heterocycles. The molecule has 8 heteroatoms. The molecule has 0 aromatic carbocycles. The Hall–Kier alpha value is -2.35. The summed E-state index contributed by atoms with van der Waals surface area (Å²) in [6, 6.07) is -2.09. The summed E-state index contributed by atoms with van der Waals surface area (Å²) in [5, 5.41) is 5.18. The molecule has 4 N–H and O–H groups in total. The van der Waals surface area contributed by atoms with Crippen molar-refractivity contribution in [1.82, 2.24) is 10.6 Å². The van der Waals surface area contributed by atoms with Gasteiger partial charge in [0.2, 0.25) is 0 Å². The molecule has 154 valence electrons. The Balaban J connectivity index is 4.68. The summed E-state index contributed by atoms with van der Waals surface area (Å²) in [4.78, 5) is 36.1. The van der Waals surface area contributed by atoms with Gasteiger partial charge in [-0.1, -0.05) is 19.2 Å². The lowest BCUT2D eigenvalue weighted by Gasteiger charge is -2.21. The molecule has 27 heavy (non-hydrogen) atoms. The van der Waals surface area contributed by atoms with E-state index >= 15 is 0 Å². The number of ether oxygens (including phenoxy) is 2. The normalized spacial score (nSPS) is 12.4. The number of allylic oxidation sites excluding steroid dienone is 1. The lowest BCUT2D eigenvalue weighted by molar-refractivity contribution is -0.145. The summed E-state index contributed by atoms with van der Waals surface area (Å²) in [6.07, 6.45) is 4.19. The molecule has 0 aliphatic rings. The van der Waals surface area contributed by atoms with Gasteiger partial charge in [0, 0.05) is 6.42 Å². The first kappa shape index (κ1) is 24.7. The third-order valence-electron chi connectivity index (χ3n) is 3.74. The summed E-state index contributed by atoms with van der Waals surface area (Å²) >= 11 is 0. The maximum Gasteiger partial charge on any atom is 0.328 e. The first-order valence-corrected chi connectivity index (χ1v) is 9.21. The largest absolute Gasteiger partial charge is 0.495 e. The van der Waals surface area contributed by atoms with E-state index in [1.807, 2.05) is 0 Å². The van der Waals surface area contributed by atoms with Crippen molar-refractivity contribution >= 4 is 17.8 Å². The quantitative estimate of drug-likeness (QED) is 0.172. The molecule has 2 atom stereocenters. The molecule has 0 bridgehead atoms. The Labute approximate surface area is 161 Å². The minimum atomic E-state index is -0.782. The zero-order valence-corrected chi connectivity index (χ0v) is 16.4. The zero-order chi connectivity index (χ0) is 20.7. The number of amides is 2. The zero-order valence-electron chi connectivity index (χ0n) is 16.4. The number of carbonyl (C=O) groups is 3. The van der Waals surface area contributed by atoms with E-state index in [9.17, 15) is 14.4 Å². The third kappa shape index (κ3) is 11.8. The fourth-order valence-electron chi connectivity index (χ4n) is 2.27. The van der Waals surface area contributed by atoms with Crippen LogP contribution >= 0.6 is 0 Å². The summed E-state index contributed by atoms with van der Waals surface area (Å²) in [7, 11) is 0. The number of rotatable bonds is 15. The average molecular weight is 383 g/mol. The van der Waals surface area contributed by atoms with E-state index in [4.69, 9.17) is 15.2 Å². The van der Waals surface area contributed by atoms with Crippen LogP contribution in [-0.4, -0.2) is 49.6 Å². The van der Waals surface area contributed by atoms with E-state index < -0.39 is 24.1 Å². The topological polar surface area (TPSA) is 120 Å². The summed E-state index contributed by atoms with van der Waals surface area (Å²) < 4.78 is 10.3. The lowest BCUT2D eigenvalue weighted by atomic mass is 10.1. The molecule has 0 radical (unpaired) electrons. The minimum absolute atomic E-state index is 0.197. The highest BCUT2D eigenvalue weighted by molar-refractivity contribution is 5.88. The number of nitrogens with two attached hydrogens (primary N) is 1. The van der Waals surface area contributed by atoms with Crippen LogP contribution in [0.5, 0.6) is 0 Å². The van der Waals surface area contributed by atoms with Crippen LogP contribution in [0.2, 0.25) is 0 Å². The second kappa shape index (κ2) is 14.8. The molecule has 0 spiro atoms. The van der Waals surface area contributed by atoms with Crippen LogP contribution in [-0.2, 0) is 19.1 Å². The number of esters is 1. The number of carbonyl (C=O) groups excluding carboxylic acids is 3. The minimum Gasteiger partial charge on any atom is -0.495 e. The SMILES string of the molecule is C=CCOC(=C)CCC(NC(=O)NC(CCCCN)C(=O)OCC)C(C)=O. The molecule has 2 amide bonds. The summed E-state index contributed by atoms with van der Waals surface area (Å²) in [6.45, 7) is 11.5. The van der Waals surface area contributed by atoms with Crippen molar-refractivity contribution in [3.8, 4) is 0 Å². The Morgan fingerprint density at radius 3 is 2.33 bits per heavy atom. The maximum absolute atomic E-state index is 12.3. The van der Waals surface area contributed by atoms with Gasteiger partial charge in [0.25, 0.3) is 0 Å². The smallest absolute Gasteiger partial charge is 0.328 e. The van der Waals surface area contributed by atoms with E-state index in [1.54, 1.807) is 13.0 Å². The highest BCUT2D eigenvalue weighted by Crippen LogP contribution is 2.09. The Morgan fingerprint density at radius 1 is 1.11 bits per heavy atom. The standard InChI is InChI=1S/C19H33N3O5/c1-5-13-27-14(3)10-11-16(15(4)23)21-19(25)22-17(9-7-8-12-20)18(24)26-6-2/h5,16-17H,1,3,6-13,20H2,2,4H3,(H2,21,22,25). The molecule has 0 rings (SSSR count). The summed E-state index contributed by atoms with van der Waals surface area (Å²) in [5.74, 6) is -0.192. The number of nitrogens with one attached hydrogen (secondary N) is 2. The third-order valence-corrected chi connectivity index (χ3v) is 3.74. The van der Waals surface area contributed by atoms with Gasteiger partial charge in [-0.3, -0.25) is 4.79 Å². The number of urea groups is 1. The molecule has 0 heterocycles. The van der Waals surface area contributed by atoms with Crippen LogP contribution in [0.25, 0.3) is 0 Å². The van der Waals surface area contributed by atoms with Crippen molar-refractivity contribution in [2.45, 2.75) is 58.0 Å². The molecule has 0 aliphatic carbocycles. The van der Waals surface area contributed by atoms with Crippen molar-refractivity contribution in [3.05, 3.63) is 25.0 Å². The highest BCUT2D eigenvalue weighted by atomic mass is 16.5. The molecule has 0 aromatic heterocycles. The van der Waals surface area contributed by atoms with Gasteiger partial charge >= 0.3 is 12.0 Å². The fraction of sp³-hybridized carbons (Fsp3) is 0.632. The van der Waals surface area contributed by atoms with Crippen LogP contribution in [0.3, 0.4) is 0 Å². The Bertz CT molecular complexity index is 508. The van der Waals surface area contributed by atoms with Gasteiger partial charge in [0.1, 0.15) is 12.6 Å². The van der Waals surface area contributed by atoms with Crippen LogP contribution in [0, 0.1) is 0 Å². The number of Topliss-reactive ketones (excluding diaryl/α,β-unsaturated/α-hetero) is 1. The van der Waals surface area contributed by atoms with Gasteiger partial charge < -0.3 is 25.8 Å². The van der Waals surface area contributed by atoms with Crippen LogP contribution in [0.1, 0.15) is 46.0 Å². The van der Waals surface area contributed by atoms with E-state index in [0.29, 0.717) is 44.6 Å². The molecule has 2 unspecified atom stereocenters. The summed E-state index contributed by atoms with van der Waals surface area (Å²) in [5.41, 5.74) is 5.46. The number of hydrogen-bond acceptors (Lipinski definition) is 6. The van der Waals surface area contributed by atoms with Gasteiger partial charge in [0.05, 0.1) is 18.4 Å². The second-order valence-electron chi connectivity index (χ2n) is 6.05. The fourth-order valence-corrected chi connectivity index (χ4v) is 2.27. The van der Waals surface area contributed by atoms with Crippen molar-refractivity contribution < 1.29 is 23.9 Å². The van der Waals surface area contributed by atoms with Gasteiger partial charge in [-0.25, -0.2) is 9.59 Å². The number of hydrogen-bond donors (Lipinski definition) is 3. The monoisotopic (exact) mass is 383 g/mol. The molecule has 0 aromatic rings. The van der Waals surface area contributed by atoms with E-state index in [2.05, 4.69) is 23.8 Å².